The van der Waals surface area contributed by atoms with Crippen molar-refractivity contribution in [3.05, 3.63) is 29.3 Å². The lowest BCUT2D eigenvalue weighted by Crippen LogP contribution is -2.47. The van der Waals surface area contributed by atoms with E-state index in [2.05, 4.69) is 30.4 Å². The number of methoxy groups -OCH3 is 1. The van der Waals surface area contributed by atoms with Crippen molar-refractivity contribution in [3.63, 3.8) is 0 Å². The van der Waals surface area contributed by atoms with Gasteiger partial charge in [-0.3, -0.25) is 0 Å². The lowest BCUT2D eigenvalue weighted by molar-refractivity contribution is -0.100. The summed E-state index contributed by atoms with van der Waals surface area (Å²) >= 11 is 0. The Morgan fingerprint density at radius 3 is 2.94 bits per heavy atom. The molecule has 3 nitrogen and oxygen atoms in total. The van der Waals surface area contributed by atoms with Crippen LogP contribution in [0.4, 0.5) is 0 Å². The Labute approximate surface area is 108 Å². The summed E-state index contributed by atoms with van der Waals surface area (Å²) in [6.07, 6.45) is 2.36. The molecule has 2 aliphatic rings. The number of fused-ring (bicyclic) bond motifs is 1. The van der Waals surface area contributed by atoms with E-state index in [-0.39, 0.29) is 0 Å². The van der Waals surface area contributed by atoms with Crippen molar-refractivity contribution in [3.8, 4) is 5.75 Å². The van der Waals surface area contributed by atoms with Crippen molar-refractivity contribution in [2.24, 2.45) is 5.41 Å². The van der Waals surface area contributed by atoms with E-state index in [4.69, 9.17) is 9.47 Å². The van der Waals surface area contributed by atoms with Crippen molar-refractivity contribution in [1.82, 2.24) is 5.32 Å². The van der Waals surface area contributed by atoms with Crippen LogP contribution in [0, 0.1) is 5.41 Å². The van der Waals surface area contributed by atoms with Gasteiger partial charge in [0.15, 0.2) is 0 Å². The fourth-order valence-corrected chi connectivity index (χ4v) is 2.84. The van der Waals surface area contributed by atoms with Crippen molar-refractivity contribution in [2.75, 3.05) is 26.9 Å². The van der Waals surface area contributed by atoms with Crippen LogP contribution in [0.3, 0.4) is 0 Å². The lowest BCUT2D eigenvalue weighted by atomic mass is 9.88. The largest absolute Gasteiger partial charge is 0.497 e. The standard InChI is InChI=1S/C15H21NO2/c1-15(9-18-10-15)8-16-14-6-4-11-3-5-12(17-2)7-13(11)14/h3,5,7,14,16H,4,6,8-10H2,1-2H3. The van der Waals surface area contributed by atoms with Gasteiger partial charge in [-0.1, -0.05) is 13.0 Å². The first-order chi connectivity index (χ1) is 8.70. The van der Waals surface area contributed by atoms with Crippen LogP contribution in [-0.4, -0.2) is 26.9 Å². The number of aryl methyl sites for hydroxylation is 1. The highest BCUT2D eigenvalue weighted by Crippen LogP contribution is 2.35. The van der Waals surface area contributed by atoms with Crippen LogP contribution < -0.4 is 10.1 Å². The van der Waals surface area contributed by atoms with Gasteiger partial charge in [0.05, 0.1) is 20.3 Å². The first-order valence-electron chi connectivity index (χ1n) is 6.68. The Kier molecular flexibility index (Phi) is 3.04. The summed E-state index contributed by atoms with van der Waals surface area (Å²) in [5, 5.41) is 3.70. The van der Waals surface area contributed by atoms with Crippen LogP contribution in [0.25, 0.3) is 0 Å². The van der Waals surface area contributed by atoms with Crippen molar-refractivity contribution >= 4 is 0 Å². The second kappa shape index (κ2) is 4.56. The summed E-state index contributed by atoms with van der Waals surface area (Å²) in [6.45, 7) is 5.09. The molecule has 1 fully saturated rings. The van der Waals surface area contributed by atoms with Gasteiger partial charge in [0.2, 0.25) is 0 Å². The van der Waals surface area contributed by atoms with Crippen LogP contribution >= 0.6 is 0 Å². The molecule has 0 saturated carbocycles. The lowest BCUT2D eigenvalue weighted by Gasteiger charge is -2.39. The molecule has 1 atom stereocenters. The average Bonchev–Trinajstić information content (AvgIpc) is 2.76. The van der Waals surface area contributed by atoms with E-state index in [1.165, 1.54) is 24.0 Å². The van der Waals surface area contributed by atoms with Gasteiger partial charge in [-0.2, -0.15) is 0 Å². The molecular weight excluding hydrogens is 226 g/mol. The minimum atomic E-state index is 0.335. The SMILES string of the molecule is COc1ccc2c(c1)C(NCC1(C)COC1)CC2. The maximum Gasteiger partial charge on any atom is 0.119 e. The Balaban J connectivity index is 1.69. The highest BCUT2D eigenvalue weighted by molar-refractivity contribution is 5.40. The summed E-state index contributed by atoms with van der Waals surface area (Å²) in [4.78, 5) is 0. The molecule has 1 aromatic rings. The number of ether oxygens (including phenoxy) is 2. The first-order valence-corrected chi connectivity index (χ1v) is 6.68. The molecule has 1 heterocycles. The monoisotopic (exact) mass is 247 g/mol. The maximum atomic E-state index is 5.32. The molecule has 1 unspecified atom stereocenters. The van der Waals surface area contributed by atoms with E-state index in [0.717, 1.165) is 25.5 Å². The Hall–Kier alpha value is -1.06. The minimum absolute atomic E-state index is 0.335. The maximum absolute atomic E-state index is 5.32. The summed E-state index contributed by atoms with van der Waals surface area (Å²) in [7, 11) is 1.73. The third-order valence-electron chi connectivity index (χ3n) is 4.11. The van der Waals surface area contributed by atoms with Crippen molar-refractivity contribution in [1.29, 1.82) is 0 Å². The van der Waals surface area contributed by atoms with Gasteiger partial charge in [0.25, 0.3) is 0 Å². The molecule has 3 heteroatoms. The molecule has 3 rings (SSSR count). The van der Waals surface area contributed by atoms with Gasteiger partial charge >= 0.3 is 0 Å². The third kappa shape index (κ3) is 2.13. The zero-order valence-electron chi connectivity index (χ0n) is 11.2. The fraction of sp³-hybridized carbons (Fsp3) is 0.600. The molecule has 18 heavy (non-hydrogen) atoms. The Morgan fingerprint density at radius 2 is 2.28 bits per heavy atom. The van der Waals surface area contributed by atoms with E-state index < -0.39 is 0 Å². The van der Waals surface area contributed by atoms with Crippen LogP contribution in [0.2, 0.25) is 0 Å². The van der Waals surface area contributed by atoms with E-state index in [0.29, 0.717) is 11.5 Å². The van der Waals surface area contributed by atoms with Gasteiger partial charge in [-0.15, -0.1) is 0 Å². The molecule has 0 amide bonds. The first kappa shape index (κ1) is 12.0. The molecule has 0 bridgehead atoms. The second-order valence-corrected chi connectivity index (χ2v) is 5.84. The highest BCUT2D eigenvalue weighted by atomic mass is 16.5. The quantitative estimate of drug-likeness (QED) is 0.885. The summed E-state index contributed by atoms with van der Waals surface area (Å²) in [5.41, 5.74) is 3.21. The molecule has 98 valence electrons. The van der Waals surface area contributed by atoms with Crippen LogP contribution in [0.1, 0.15) is 30.5 Å². The Bertz CT molecular complexity index is 440. The smallest absolute Gasteiger partial charge is 0.119 e. The Morgan fingerprint density at radius 1 is 1.44 bits per heavy atom. The summed E-state index contributed by atoms with van der Waals surface area (Å²) in [6, 6.07) is 6.92. The van der Waals surface area contributed by atoms with E-state index in [9.17, 15) is 0 Å². The topological polar surface area (TPSA) is 30.5 Å². The van der Waals surface area contributed by atoms with Gasteiger partial charge < -0.3 is 14.8 Å². The number of rotatable bonds is 4. The number of benzene rings is 1. The zero-order chi connectivity index (χ0) is 12.6. The molecule has 1 N–H and O–H groups in total. The molecule has 1 aliphatic heterocycles. The molecular formula is C15H21NO2. The highest BCUT2D eigenvalue weighted by Gasteiger charge is 2.34. The summed E-state index contributed by atoms with van der Waals surface area (Å²) in [5.74, 6) is 0.959. The van der Waals surface area contributed by atoms with Crippen LogP contribution in [0.5, 0.6) is 5.75 Å². The molecule has 0 spiro atoms. The molecule has 0 radical (unpaired) electrons. The third-order valence-corrected chi connectivity index (χ3v) is 4.11. The van der Waals surface area contributed by atoms with E-state index in [1.807, 2.05) is 0 Å². The fourth-order valence-electron chi connectivity index (χ4n) is 2.84. The molecule has 1 aliphatic carbocycles. The summed E-state index contributed by atoms with van der Waals surface area (Å²) < 4.78 is 10.6. The van der Waals surface area contributed by atoms with Crippen LogP contribution in [-0.2, 0) is 11.2 Å². The van der Waals surface area contributed by atoms with E-state index >= 15 is 0 Å². The van der Waals surface area contributed by atoms with Crippen molar-refractivity contribution in [2.45, 2.75) is 25.8 Å². The number of nitrogens with one attached hydrogen (secondary N) is 1. The minimum Gasteiger partial charge on any atom is -0.497 e. The predicted molar refractivity (Wildman–Crippen MR) is 71.0 cm³/mol. The van der Waals surface area contributed by atoms with Gasteiger partial charge in [0, 0.05) is 18.0 Å². The number of hydrogen-bond acceptors (Lipinski definition) is 3. The zero-order valence-corrected chi connectivity index (χ0v) is 11.2. The van der Waals surface area contributed by atoms with Crippen molar-refractivity contribution < 1.29 is 9.47 Å². The number of hydrogen-bond donors (Lipinski definition) is 1. The average molecular weight is 247 g/mol. The van der Waals surface area contributed by atoms with Gasteiger partial charge in [0.1, 0.15) is 5.75 Å². The molecule has 1 saturated heterocycles. The molecule has 1 aromatic carbocycles. The van der Waals surface area contributed by atoms with Crippen LogP contribution in [0.15, 0.2) is 18.2 Å². The van der Waals surface area contributed by atoms with E-state index in [1.54, 1.807) is 7.11 Å². The second-order valence-electron chi connectivity index (χ2n) is 5.84. The van der Waals surface area contributed by atoms with Gasteiger partial charge in [-0.25, -0.2) is 0 Å². The van der Waals surface area contributed by atoms with Gasteiger partial charge in [-0.05, 0) is 36.1 Å². The predicted octanol–water partition coefficient (Wildman–Crippen LogP) is 2.31. The molecule has 0 aromatic heterocycles. The normalized spacial score (nSPS) is 24.4.